The normalized spacial score (nSPS) is 17.1. The first-order valence-corrected chi connectivity index (χ1v) is 11.3. The van der Waals surface area contributed by atoms with Crippen molar-refractivity contribution in [2.24, 2.45) is 7.05 Å². The second kappa shape index (κ2) is 8.84. The van der Waals surface area contributed by atoms with Crippen molar-refractivity contribution in [3.8, 4) is 5.75 Å². The van der Waals surface area contributed by atoms with Crippen LogP contribution in [0, 0.1) is 10.1 Å². The van der Waals surface area contributed by atoms with Crippen LogP contribution in [0.2, 0.25) is 0 Å². The molecule has 1 N–H and O–H groups in total. The first-order chi connectivity index (χ1) is 17.3. The third-order valence-corrected chi connectivity index (χ3v) is 6.76. The highest BCUT2D eigenvalue weighted by molar-refractivity contribution is 6.05. The zero-order valence-corrected chi connectivity index (χ0v) is 20.0. The number of hydrogen-bond acceptors (Lipinski definition) is 5. The number of likely N-dealkylation sites (N-methyl/N-ethyl adjacent to an activating group) is 1. The van der Waals surface area contributed by atoms with E-state index in [1.54, 1.807) is 36.2 Å². The lowest BCUT2D eigenvalue weighted by atomic mass is 9.79. The number of carbonyl (C=O) groups excluding carboxylic acids is 2. The molecule has 2 amide bonds. The van der Waals surface area contributed by atoms with Crippen LogP contribution >= 0.6 is 0 Å². The van der Waals surface area contributed by atoms with Crippen LogP contribution in [0.15, 0.2) is 72.9 Å². The van der Waals surface area contributed by atoms with E-state index in [-0.39, 0.29) is 17.3 Å². The average molecular weight is 485 g/mol. The smallest absolute Gasteiger partial charge is 0.271 e. The molecule has 182 valence electrons. The first-order valence-electron chi connectivity index (χ1n) is 11.3. The fourth-order valence-corrected chi connectivity index (χ4v) is 5.07. The zero-order valence-electron chi connectivity index (χ0n) is 20.0. The van der Waals surface area contributed by atoms with Crippen LogP contribution in [0.1, 0.15) is 33.4 Å². The van der Waals surface area contributed by atoms with Crippen molar-refractivity contribution in [1.82, 2.24) is 9.47 Å². The Labute approximate surface area is 207 Å². The monoisotopic (exact) mass is 484 g/mol. The van der Waals surface area contributed by atoms with Gasteiger partial charge in [-0.3, -0.25) is 19.7 Å². The number of aromatic nitrogens is 1. The van der Waals surface area contributed by atoms with Gasteiger partial charge < -0.3 is 19.5 Å². The van der Waals surface area contributed by atoms with Crippen molar-refractivity contribution in [3.05, 3.63) is 99.7 Å². The molecule has 9 heteroatoms. The molecule has 1 aliphatic rings. The van der Waals surface area contributed by atoms with Crippen molar-refractivity contribution >= 4 is 34.1 Å². The molecule has 0 bridgehead atoms. The van der Waals surface area contributed by atoms with Gasteiger partial charge in [0.15, 0.2) is 0 Å². The van der Waals surface area contributed by atoms with Crippen molar-refractivity contribution in [2.75, 3.05) is 19.5 Å². The molecule has 0 saturated heterocycles. The van der Waals surface area contributed by atoms with Crippen LogP contribution in [0.5, 0.6) is 5.75 Å². The van der Waals surface area contributed by atoms with Crippen LogP contribution in [0.4, 0.5) is 11.4 Å². The number of nitrogens with zero attached hydrogens (tertiary/aromatic N) is 3. The standard InChI is InChI=1S/C27H24N4O5/c1-29-15-20(17-8-6-7-11-22(17)29)25-24(18-9-4-5-10-19(18)27(33)30(25)2)26(32)28-21-14-16(31(34)35)12-13-23(21)36-3/h4-15,24-25H,1-3H3,(H,28,32). The molecule has 2 unspecified atom stereocenters. The van der Waals surface area contributed by atoms with E-state index in [1.807, 2.05) is 42.1 Å². The number of para-hydroxylation sites is 1. The summed E-state index contributed by atoms with van der Waals surface area (Å²) in [6, 6.07) is 18.3. The Hall–Kier alpha value is -4.66. The lowest BCUT2D eigenvalue weighted by molar-refractivity contribution is -0.384. The summed E-state index contributed by atoms with van der Waals surface area (Å²) in [4.78, 5) is 39.8. The first kappa shape index (κ1) is 23.1. The van der Waals surface area contributed by atoms with E-state index in [0.29, 0.717) is 16.9 Å². The number of nitrogens with one attached hydrogen (secondary N) is 1. The number of anilines is 1. The van der Waals surface area contributed by atoms with Gasteiger partial charge in [-0.25, -0.2) is 0 Å². The van der Waals surface area contributed by atoms with Gasteiger partial charge in [0.25, 0.3) is 11.6 Å². The van der Waals surface area contributed by atoms with E-state index in [2.05, 4.69) is 5.32 Å². The molecule has 0 spiro atoms. The molecule has 36 heavy (non-hydrogen) atoms. The lowest BCUT2D eigenvalue weighted by Crippen LogP contribution is -2.44. The molecule has 2 heterocycles. The predicted molar refractivity (Wildman–Crippen MR) is 135 cm³/mol. The summed E-state index contributed by atoms with van der Waals surface area (Å²) in [5.41, 5.74) is 2.87. The summed E-state index contributed by atoms with van der Waals surface area (Å²) in [7, 11) is 5.05. The van der Waals surface area contributed by atoms with Gasteiger partial charge in [0.1, 0.15) is 5.75 Å². The Kier molecular flexibility index (Phi) is 5.68. The number of benzene rings is 3. The number of nitro groups is 1. The number of amides is 2. The van der Waals surface area contributed by atoms with Gasteiger partial charge in [-0.1, -0.05) is 36.4 Å². The fraction of sp³-hybridized carbons (Fsp3) is 0.185. The maximum absolute atomic E-state index is 14.0. The minimum atomic E-state index is -0.779. The molecule has 0 radical (unpaired) electrons. The molecule has 2 atom stereocenters. The minimum Gasteiger partial charge on any atom is -0.495 e. The highest BCUT2D eigenvalue weighted by atomic mass is 16.6. The highest BCUT2D eigenvalue weighted by Crippen LogP contribution is 2.45. The van der Waals surface area contributed by atoms with Crippen LogP contribution in [-0.2, 0) is 11.8 Å². The Bertz CT molecular complexity index is 1530. The SMILES string of the molecule is COc1ccc([N+](=O)[O-])cc1NC(=O)C1c2ccccc2C(=O)N(C)C1c1cn(C)c2ccccc12. The van der Waals surface area contributed by atoms with Crippen molar-refractivity contribution in [2.45, 2.75) is 12.0 Å². The molecule has 1 aromatic heterocycles. The molecule has 4 aromatic rings. The Morgan fingerprint density at radius 3 is 2.50 bits per heavy atom. The van der Waals surface area contributed by atoms with E-state index in [9.17, 15) is 19.7 Å². The summed E-state index contributed by atoms with van der Waals surface area (Å²) < 4.78 is 7.32. The molecule has 1 aliphatic heterocycles. The van der Waals surface area contributed by atoms with Gasteiger partial charge in [-0.15, -0.1) is 0 Å². The van der Waals surface area contributed by atoms with E-state index >= 15 is 0 Å². The van der Waals surface area contributed by atoms with Gasteiger partial charge in [0.2, 0.25) is 5.91 Å². The highest BCUT2D eigenvalue weighted by Gasteiger charge is 2.43. The summed E-state index contributed by atoms with van der Waals surface area (Å²) in [6.07, 6.45) is 1.95. The van der Waals surface area contributed by atoms with E-state index in [4.69, 9.17) is 4.74 Å². The number of non-ortho nitro benzene ring substituents is 1. The third kappa shape index (κ3) is 3.65. The molecular weight excluding hydrogens is 460 g/mol. The average Bonchev–Trinajstić information content (AvgIpc) is 3.22. The van der Waals surface area contributed by atoms with Crippen molar-refractivity contribution < 1.29 is 19.2 Å². The second-order valence-electron chi connectivity index (χ2n) is 8.77. The quantitative estimate of drug-likeness (QED) is 0.328. The number of nitro benzene ring substituents is 1. The molecule has 0 saturated carbocycles. The molecule has 3 aromatic carbocycles. The summed E-state index contributed by atoms with van der Waals surface area (Å²) in [6.45, 7) is 0. The fourth-order valence-electron chi connectivity index (χ4n) is 5.07. The third-order valence-electron chi connectivity index (χ3n) is 6.76. The summed E-state index contributed by atoms with van der Waals surface area (Å²) >= 11 is 0. The number of carbonyl (C=O) groups is 2. The van der Waals surface area contributed by atoms with Crippen molar-refractivity contribution in [1.29, 1.82) is 0 Å². The van der Waals surface area contributed by atoms with Crippen LogP contribution < -0.4 is 10.1 Å². The Balaban J connectivity index is 1.67. The molecule has 0 fully saturated rings. The van der Waals surface area contributed by atoms with Crippen LogP contribution in [0.3, 0.4) is 0 Å². The molecule has 5 rings (SSSR count). The van der Waals surface area contributed by atoms with Gasteiger partial charge in [0.05, 0.1) is 29.7 Å². The van der Waals surface area contributed by atoms with Gasteiger partial charge >= 0.3 is 0 Å². The van der Waals surface area contributed by atoms with E-state index < -0.39 is 22.8 Å². The number of ether oxygens (including phenoxy) is 1. The minimum absolute atomic E-state index is 0.173. The predicted octanol–water partition coefficient (Wildman–Crippen LogP) is 4.64. The second-order valence-corrected chi connectivity index (χ2v) is 8.77. The Morgan fingerprint density at radius 2 is 1.75 bits per heavy atom. The number of fused-ring (bicyclic) bond motifs is 2. The van der Waals surface area contributed by atoms with Crippen molar-refractivity contribution in [3.63, 3.8) is 0 Å². The maximum atomic E-state index is 14.0. The summed E-state index contributed by atoms with van der Waals surface area (Å²) in [5.74, 6) is -1.07. The zero-order chi connectivity index (χ0) is 25.6. The van der Waals surface area contributed by atoms with E-state index in [0.717, 1.165) is 16.5 Å². The largest absolute Gasteiger partial charge is 0.495 e. The van der Waals surface area contributed by atoms with E-state index in [1.165, 1.54) is 25.3 Å². The maximum Gasteiger partial charge on any atom is 0.271 e. The molecular formula is C27H24N4O5. The topological polar surface area (TPSA) is 107 Å². The number of rotatable bonds is 5. The number of aryl methyl sites for hydroxylation is 1. The number of methoxy groups -OCH3 is 1. The molecule has 0 aliphatic carbocycles. The van der Waals surface area contributed by atoms with Crippen LogP contribution in [-0.4, -0.2) is 40.4 Å². The van der Waals surface area contributed by atoms with Gasteiger partial charge in [0, 0.05) is 54.5 Å². The molecule has 9 nitrogen and oxygen atoms in total. The Morgan fingerprint density at radius 1 is 1.03 bits per heavy atom. The van der Waals surface area contributed by atoms with Crippen LogP contribution in [0.25, 0.3) is 10.9 Å². The number of hydrogen-bond donors (Lipinski definition) is 1. The van der Waals surface area contributed by atoms with Gasteiger partial charge in [-0.05, 0) is 23.8 Å². The lowest BCUT2D eigenvalue weighted by Gasteiger charge is -2.39. The van der Waals surface area contributed by atoms with Gasteiger partial charge in [-0.2, -0.15) is 0 Å². The summed E-state index contributed by atoms with van der Waals surface area (Å²) in [5, 5.41) is 15.1.